The van der Waals surface area contributed by atoms with E-state index in [2.05, 4.69) is 78.4 Å². The molecule has 0 amide bonds. The molecule has 1 heterocycles. The number of nitrogens with one attached hydrogen (secondary N) is 2. The third kappa shape index (κ3) is 2.78. The highest BCUT2D eigenvalue weighted by Crippen LogP contribution is 2.36. The molecule has 3 nitrogen and oxygen atoms in total. The van der Waals surface area contributed by atoms with E-state index in [1.54, 1.807) is 0 Å². The number of H-pyrrole nitrogens is 2. The van der Waals surface area contributed by atoms with Crippen LogP contribution in [0.1, 0.15) is 18.1 Å². The maximum absolute atomic E-state index is 11.6. The number of hydrogen-bond donors (Lipinski definition) is 2. The summed E-state index contributed by atoms with van der Waals surface area (Å²) in [5, 5.41) is 0. The van der Waals surface area contributed by atoms with Crippen molar-refractivity contribution in [3.63, 3.8) is 0 Å². The molecule has 0 atom stereocenters. The summed E-state index contributed by atoms with van der Waals surface area (Å²) in [6.07, 6.45) is 0.955. The van der Waals surface area contributed by atoms with Crippen LogP contribution in [0.4, 0.5) is 0 Å². The zero-order valence-corrected chi connectivity index (χ0v) is 14.4. The first-order chi connectivity index (χ1) is 12.2. The Kier molecular flexibility index (Phi) is 3.77. The average molecular weight is 328 g/mol. The number of aryl methyl sites for hydroxylation is 2. The Morgan fingerprint density at radius 2 is 1.56 bits per heavy atom. The molecular weight excluding hydrogens is 308 g/mol. The molecule has 1 aromatic heterocycles. The molecule has 4 rings (SSSR count). The van der Waals surface area contributed by atoms with Gasteiger partial charge in [0, 0.05) is 0 Å². The van der Waals surface area contributed by atoms with Crippen molar-refractivity contribution in [2.75, 3.05) is 0 Å². The van der Waals surface area contributed by atoms with Crippen molar-refractivity contribution in [3.05, 3.63) is 82.3 Å². The quantitative estimate of drug-likeness (QED) is 0.542. The van der Waals surface area contributed by atoms with Crippen LogP contribution in [0.5, 0.6) is 0 Å². The summed E-state index contributed by atoms with van der Waals surface area (Å²) in [6, 6.07) is 21.2. The van der Waals surface area contributed by atoms with Crippen molar-refractivity contribution in [2.24, 2.45) is 0 Å². The van der Waals surface area contributed by atoms with Crippen molar-refractivity contribution in [1.29, 1.82) is 0 Å². The Morgan fingerprint density at radius 3 is 2.32 bits per heavy atom. The second kappa shape index (κ2) is 6.10. The average Bonchev–Trinajstić information content (AvgIpc) is 3.00. The number of rotatable bonds is 3. The SMILES string of the molecule is CCc1cccc(-c2ccc(C)cc2)c1-c1ccc2[nH]c(=O)[nH]c2c1. The number of benzene rings is 3. The predicted octanol–water partition coefficient (Wildman–Crippen LogP) is 5.06. The molecule has 0 aliphatic heterocycles. The van der Waals surface area contributed by atoms with Gasteiger partial charge in [0.25, 0.3) is 0 Å². The van der Waals surface area contributed by atoms with Gasteiger partial charge in [-0.1, -0.05) is 61.0 Å². The lowest BCUT2D eigenvalue weighted by atomic mass is 9.89. The topological polar surface area (TPSA) is 48.6 Å². The molecule has 0 aliphatic carbocycles. The number of imidazole rings is 1. The number of fused-ring (bicyclic) bond motifs is 1. The molecule has 0 radical (unpaired) electrons. The van der Waals surface area contributed by atoms with E-state index in [9.17, 15) is 4.79 Å². The van der Waals surface area contributed by atoms with Crippen LogP contribution < -0.4 is 5.69 Å². The summed E-state index contributed by atoms with van der Waals surface area (Å²) in [4.78, 5) is 17.2. The van der Waals surface area contributed by atoms with Crippen LogP contribution in [0.3, 0.4) is 0 Å². The van der Waals surface area contributed by atoms with Crippen LogP contribution in [0.15, 0.2) is 65.5 Å². The molecule has 0 unspecified atom stereocenters. The van der Waals surface area contributed by atoms with Gasteiger partial charge in [0.1, 0.15) is 0 Å². The van der Waals surface area contributed by atoms with Crippen molar-refractivity contribution >= 4 is 11.0 Å². The van der Waals surface area contributed by atoms with Crippen LogP contribution in [0, 0.1) is 6.92 Å². The lowest BCUT2D eigenvalue weighted by Crippen LogP contribution is -1.99. The minimum Gasteiger partial charge on any atom is -0.306 e. The molecule has 25 heavy (non-hydrogen) atoms. The van der Waals surface area contributed by atoms with Gasteiger partial charge in [-0.25, -0.2) is 4.79 Å². The summed E-state index contributed by atoms with van der Waals surface area (Å²) in [7, 11) is 0. The van der Waals surface area contributed by atoms with Gasteiger partial charge in [0.05, 0.1) is 11.0 Å². The normalized spacial score (nSPS) is 11.1. The van der Waals surface area contributed by atoms with Gasteiger partial charge in [0.2, 0.25) is 0 Å². The number of aromatic nitrogens is 2. The lowest BCUT2D eigenvalue weighted by Gasteiger charge is -2.15. The summed E-state index contributed by atoms with van der Waals surface area (Å²) >= 11 is 0. The van der Waals surface area contributed by atoms with Gasteiger partial charge in [-0.15, -0.1) is 0 Å². The predicted molar refractivity (Wildman–Crippen MR) is 104 cm³/mol. The number of hydrogen-bond acceptors (Lipinski definition) is 1. The zero-order valence-electron chi connectivity index (χ0n) is 14.4. The van der Waals surface area contributed by atoms with Crippen molar-refractivity contribution in [2.45, 2.75) is 20.3 Å². The Bertz CT molecular complexity index is 1100. The molecule has 4 aromatic rings. The maximum atomic E-state index is 11.6. The molecular formula is C22H20N2O. The maximum Gasteiger partial charge on any atom is 0.323 e. The van der Waals surface area contributed by atoms with E-state index < -0.39 is 0 Å². The van der Waals surface area contributed by atoms with E-state index in [-0.39, 0.29) is 5.69 Å². The summed E-state index contributed by atoms with van der Waals surface area (Å²) < 4.78 is 0. The Hall–Kier alpha value is -3.07. The van der Waals surface area contributed by atoms with Gasteiger partial charge < -0.3 is 9.97 Å². The smallest absolute Gasteiger partial charge is 0.306 e. The second-order valence-corrected chi connectivity index (χ2v) is 6.40. The first-order valence-electron chi connectivity index (χ1n) is 8.57. The zero-order chi connectivity index (χ0) is 17.4. The summed E-state index contributed by atoms with van der Waals surface area (Å²) in [5.41, 5.74) is 8.83. The fourth-order valence-electron chi connectivity index (χ4n) is 3.40. The molecule has 2 N–H and O–H groups in total. The van der Waals surface area contributed by atoms with E-state index >= 15 is 0 Å². The highest BCUT2D eigenvalue weighted by molar-refractivity contribution is 5.90. The highest BCUT2D eigenvalue weighted by atomic mass is 16.1. The second-order valence-electron chi connectivity index (χ2n) is 6.40. The van der Waals surface area contributed by atoms with Crippen LogP contribution in [0.2, 0.25) is 0 Å². The summed E-state index contributed by atoms with van der Waals surface area (Å²) in [5.74, 6) is 0. The molecule has 124 valence electrons. The first-order valence-corrected chi connectivity index (χ1v) is 8.57. The monoisotopic (exact) mass is 328 g/mol. The Balaban J connectivity index is 1.97. The molecule has 0 fully saturated rings. The van der Waals surface area contributed by atoms with Gasteiger partial charge in [-0.3, -0.25) is 0 Å². The minimum atomic E-state index is -0.172. The van der Waals surface area contributed by atoms with Gasteiger partial charge >= 0.3 is 5.69 Å². The standard InChI is InChI=1S/C22H20N2O/c1-3-15-5-4-6-18(16-9-7-14(2)8-10-16)21(15)17-11-12-19-20(13-17)24-22(25)23-19/h4-13H,3H2,1-2H3,(H2,23,24,25). The van der Waals surface area contributed by atoms with Gasteiger partial charge in [0.15, 0.2) is 0 Å². The summed E-state index contributed by atoms with van der Waals surface area (Å²) in [6.45, 7) is 4.28. The fourth-order valence-corrected chi connectivity index (χ4v) is 3.40. The highest BCUT2D eigenvalue weighted by Gasteiger charge is 2.12. The molecule has 0 saturated heterocycles. The van der Waals surface area contributed by atoms with E-state index in [1.807, 2.05) is 6.07 Å². The van der Waals surface area contributed by atoms with Crippen molar-refractivity contribution in [3.8, 4) is 22.3 Å². The van der Waals surface area contributed by atoms with Crippen molar-refractivity contribution < 1.29 is 0 Å². The fraction of sp³-hybridized carbons (Fsp3) is 0.136. The third-order valence-corrected chi connectivity index (χ3v) is 4.70. The van der Waals surface area contributed by atoms with E-state index in [0.717, 1.165) is 23.0 Å². The van der Waals surface area contributed by atoms with Gasteiger partial charge in [-0.05, 0) is 53.3 Å². The first kappa shape index (κ1) is 15.5. The van der Waals surface area contributed by atoms with Crippen LogP contribution in [-0.4, -0.2) is 9.97 Å². The molecule has 0 aliphatic rings. The third-order valence-electron chi connectivity index (χ3n) is 4.70. The molecule has 3 heteroatoms. The van der Waals surface area contributed by atoms with Crippen LogP contribution >= 0.6 is 0 Å². The largest absolute Gasteiger partial charge is 0.323 e. The van der Waals surface area contributed by atoms with E-state index in [1.165, 1.54) is 27.8 Å². The Labute approximate surface area is 146 Å². The van der Waals surface area contributed by atoms with Crippen LogP contribution in [0.25, 0.3) is 33.3 Å². The molecule has 0 spiro atoms. The van der Waals surface area contributed by atoms with Crippen molar-refractivity contribution in [1.82, 2.24) is 9.97 Å². The van der Waals surface area contributed by atoms with Gasteiger partial charge in [-0.2, -0.15) is 0 Å². The minimum absolute atomic E-state index is 0.172. The number of aromatic amines is 2. The molecule has 3 aromatic carbocycles. The van der Waals surface area contributed by atoms with E-state index in [0.29, 0.717) is 0 Å². The molecule has 0 bridgehead atoms. The molecule has 0 saturated carbocycles. The Morgan fingerprint density at radius 1 is 0.840 bits per heavy atom. The van der Waals surface area contributed by atoms with E-state index in [4.69, 9.17) is 0 Å². The lowest BCUT2D eigenvalue weighted by molar-refractivity contribution is 1.14. The van der Waals surface area contributed by atoms with Crippen LogP contribution in [-0.2, 0) is 6.42 Å².